The third-order valence-electron chi connectivity index (χ3n) is 5.53. The van der Waals surface area contributed by atoms with Crippen LogP contribution in [0, 0.1) is 0 Å². The quantitative estimate of drug-likeness (QED) is 0.512. The maximum atomic E-state index is 12.4. The second-order valence-electron chi connectivity index (χ2n) is 7.82. The number of fused-ring (bicyclic) bond motifs is 2. The van der Waals surface area contributed by atoms with Gasteiger partial charge >= 0.3 is 0 Å². The summed E-state index contributed by atoms with van der Waals surface area (Å²) in [5, 5.41) is 6.21. The first-order valence-electron chi connectivity index (χ1n) is 10.4. The summed E-state index contributed by atoms with van der Waals surface area (Å²) in [4.78, 5) is 21.8. The minimum absolute atomic E-state index is 0.0361. The van der Waals surface area contributed by atoms with Crippen LogP contribution in [0.25, 0.3) is 21.0 Å². The van der Waals surface area contributed by atoms with E-state index >= 15 is 0 Å². The van der Waals surface area contributed by atoms with E-state index in [9.17, 15) is 4.79 Å². The third kappa shape index (κ3) is 4.47. The Labute approximate surface area is 185 Å². The van der Waals surface area contributed by atoms with E-state index in [0.29, 0.717) is 5.75 Å². The SMILES string of the molecule is CN1CCN(c2nc3ccc(NC(=O)COc4ccc5ccccc5c4)cc3s2)CC1. The van der Waals surface area contributed by atoms with Crippen molar-refractivity contribution in [2.75, 3.05) is 50.1 Å². The summed E-state index contributed by atoms with van der Waals surface area (Å²) in [5.41, 5.74) is 1.72. The van der Waals surface area contributed by atoms with Crippen LogP contribution in [-0.4, -0.2) is 55.6 Å². The summed E-state index contributed by atoms with van der Waals surface area (Å²) in [7, 11) is 2.15. The topological polar surface area (TPSA) is 57.7 Å². The highest BCUT2D eigenvalue weighted by Gasteiger charge is 2.18. The number of hydrogen-bond donors (Lipinski definition) is 1. The zero-order valence-electron chi connectivity index (χ0n) is 17.4. The number of ether oxygens (including phenoxy) is 1. The molecular weight excluding hydrogens is 408 g/mol. The van der Waals surface area contributed by atoms with E-state index in [0.717, 1.165) is 58.0 Å². The molecular formula is C24H24N4O2S. The van der Waals surface area contributed by atoms with Crippen molar-refractivity contribution in [3.8, 4) is 5.75 Å². The maximum absolute atomic E-state index is 12.4. The highest BCUT2D eigenvalue weighted by atomic mass is 32.1. The first-order valence-corrected chi connectivity index (χ1v) is 11.2. The number of thiazole rings is 1. The second kappa shape index (κ2) is 8.53. The van der Waals surface area contributed by atoms with Gasteiger partial charge in [-0.25, -0.2) is 4.98 Å². The molecule has 1 aliphatic heterocycles. The Kier molecular flexibility index (Phi) is 5.44. The second-order valence-corrected chi connectivity index (χ2v) is 8.82. The fourth-order valence-electron chi connectivity index (χ4n) is 3.73. The van der Waals surface area contributed by atoms with E-state index in [2.05, 4.69) is 28.2 Å². The van der Waals surface area contributed by atoms with Gasteiger partial charge in [-0.3, -0.25) is 4.79 Å². The molecule has 1 saturated heterocycles. The highest BCUT2D eigenvalue weighted by Crippen LogP contribution is 2.31. The van der Waals surface area contributed by atoms with Gasteiger partial charge in [0.15, 0.2) is 11.7 Å². The van der Waals surface area contributed by atoms with Gasteiger partial charge in [0.1, 0.15) is 5.75 Å². The molecule has 1 aromatic heterocycles. The van der Waals surface area contributed by atoms with Crippen molar-refractivity contribution < 1.29 is 9.53 Å². The molecule has 2 heterocycles. The first-order chi connectivity index (χ1) is 15.1. The summed E-state index contributed by atoms with van der Waals surface area (Å²) in [6, 6.07) is 19.8. The van der Waals surface area contributed by atoms with Crippen molar-refractivity contribution in [3.63, 3.8) is 0 Å². The number of nitrogens with one attached hydrogen (secondary N) is 1. The summed E-state index contributed by atoms with van der Waals surface area (Å²) in [5.74, 6) is 0.500. The molecule has 7 heteroatoms. The molecule has 0 bridgehead atoms. The number of aromatic nitrogens is 1. The Balaban J connectivity index is 1.22. The lowest BCUT2D eigenvalue weighted by atomic mass is 10.1. The van der Waals surface area contributed by atoms with Crippen LogP contribution in [0.5, 0.6) is 5.75 Å². The van der Waals surface area contributed by atoms with E-state index in [1.165, 1.54) is 0 Å². The van der Waals surface area contributed by atoms with Crippen LogP contribution in [0.4, 0.5) is 10.8 Å². The summed E-state index contributed by atoms with van der Waals surface area (Å²) < 4.78 is 6.77. The number of amides is 1. The number of benzene rings is 3. The Bertz CT molecular complexity index is 1230. The number of rotatable bonds is 5. The number of piperazine rings is 1. The van der Waals surface area contributed by atoms with Gasteiger partial charge in [0.2, 0.25) is 0 Å². The van der Waals surface area contributed by atoms with E-state index in [1.807, 2.05) is 54.6 Å². The molecule has 1 aliphatic rings. The highest BCUT2D eigenvalue weighted by molar-refractivity contribution is 7.22. The molecule has 158 valence electrons. The first kappa shape index (κ1) is 19.8. The Hall–Kier alpha value is -3.16. The van der Waals surface area contributed by atoms with Crippen molar-refractivity contribution in [2.45, 2.75) is 0 Å². The van der Waals surface area contributed by atoms with Crippen molar-refractivity contribution in [1.82, 2.24) is 9.88 Å². The van der Waals surface area contributed by atoms with Crippen LogP contribution in [-0.2, 0) is 4.79 Å². The number of anilines is 2. The molecule has 0 aliphatic carbocycles. The van der Waals surface area contributed by atoms with Gasteiger partial charge in [-0.05, 0) is 48.2 Å². The number of likely N-dealkylation sites (N-methyl/N-ethyl adjacent to an activating group) is 1. The standard InChI is InChI=1S/C24H24N4O2S/c1-27-10-12-28(13-11-27)24-26-21-9-7-19(15-22(21)31-24)25-23(29)16-30-20-8-6-17-4-2-3-5-18(17)14-20/h2-9,14-15H,10-13,16H2,1H3,(H,25,29). The largest absolute Gasteiger partial charge is 0.484 e. The molecule has 6 nitrogen and oxygen atoms in total. The van der Waals surface area contributed by atoms with Gasteiger partial charge in [-0.15, -0.1) is 0 Å². The average Bonchev–Trinajstić information content (AvgIpc) is 3.21. The molecule has 0 saturated carbocycles. The van der Waals surface area contributed by atoms with Gasteiger partial charge < -0.3 is 19.9 Å². The van der Waals surface area contributed by atoms with Crippen molar-refractivity contribution in [2.24, 2.45) is 0 Å². The number of carbonyl (C=O) groups is 1. The van der Waals surface area contributed by atoms with Gasteiger partial charge in [0.05, 0.1) is 10.2 Å². The zero-order chi connectivity index (χ0) is 21.2. The van der Waals surface area contributed by atoms with Crippen LogP contribution in [0.1, 0.15) is 0 Å². The minimum atomic E-state index is -0.184. The van der Waals surface area contributed by atoms with Gasteiger partial charge in [0, 0.05) is 31.9 Å². The molecule has 0 unspecified atom stereocenters. The van der Waals surface area contributed by atoms with E-state index < -0.39 is 0 Å². The van der Waals surface area contributed by atoms with E-state index in [-0.39, 0.29) is 12.5 Å². The molecule has 0 radical (unpaired) electrons. The minimum Gasteiger partial charge on any atom is -0.484 e. The molecule has 3 aromatic carbocycles. The van der Waals surface area contributed by atoms with Crippen LogP contribution in [0.3, 0.4) is 0 Å². The fourth-order valence-corrected chi connectivity index (χ4v) is 4.78. The van der Waals surface area contributed by atoms with Gasteiger partial charge in [-0.2, -0.15) is 0 Å². The molecule has 5 rings (SSSR count). The molecule has 4 aromatic rings. The summed E-state index contributed by atoms with van der Waals surface area (Å²) in [6.45, 7) is 4.05. The predicted octanol–water partition coefficient (Wildman–Crippen LogP) is 4.22. The van der Waals surface area contributed by atoms with E-state index in [4.69, 9.17) is 9.72 Å². The number of nitrogens with zero attached hydrogens (tertiary/aromatic N) is 3. The van der Waals surface area contributed by atoms with Crippen LogP contribution < -0.4 is 15.0 Å². The zero-order valence-corrected chi connectivity index (χ0v) is 18.2. The van der Waals surface area contributed by atoms with E-state index in [1.54, 1.807) is 11.3 Å². The Morgan fingerprint density at radius 1 is 1.03 bits per heavy atom. The maximum Gasteiger partial charge on any atom is 0.262 e. The van der Waals surface area contributed by atoms with Gasteiger partial charge in [0.25, 0.3) is 5.91 Å². The molecule has 0 spiro atoms. The molecule has 31 heavy (non-hydrogen) atoms. The lowest BCUT2D eigenvalue weighted by Gasteiger charge is -2.31. The molecule has 1 amide bonds. The Morgan fingerprint density at radius 3 is 2.68 bits per heavy atom. The van der Waals surface area contributed by atoms with Crippen molar-refractivity contribution >= 4 is 49.1 Å². The monoisotopic (exact) mass is 432 g/mol. The number of carbonyl (C=O) groups excluding carboxylic acids is 1. The summed E-state index contributed by atoms with van der Waals surface area (Å²) in [6.07, 6.45) is 0. The summed E-state index contributed by atoms with van der Waals surface area (Å²) >= 11 is 1.67. The van der Waals surface area contributed by atoms with Crippen LogP contribution in [0.15, 0.2) is 60.7 Å². The fraction of sp³-hybridized carbons (Fsp3) is 0.250. The number of hydrogen-bond acceptors (Lipinski definition) is 6. The Morgan fingerprint density at radius 2 is 1.84 bits per heavy atom. The van der Waals surface area contributed by atoms with Crippen LogP contribution >= 0.6 is 11.3 Å². The van der Waals surface area contributed by atoms with Crippen molar-refractivity contribution in [1.29, 1.82) is 0 Å². The lowest BCUT2D eigenvalue weighted by molar-refractivity contribution is -0.118. The van der Waals surface area contributed by atoms with Crippen LogP contribution in [0.2, 0.25) is 0 Å². The van der Waals surface area contributed by atoms with Gasteiger partial charge in [-0.1, -0.05) is 41.7 Å². The smallest absolute Gasteiger partial charge is 0.262 e. The lowest BCUT2D eigenvalue weighted by Crippen LogP contribution is -2.44. The molecule has 1 N–H and O–H groups in total. The normalized spacial score (nSPS) is 14.8. The third-order valence-corrected chi connectivity index (χ3v) is 6.60. The van der Waals surface area contributed by atoms with Crippen molar-refractivity contribution in [3.05, 3.63) is 60.7 Å². The average molecular weight is 433 g/mol. The molecule has 0 atom stereocenters. The predicted molar refractivity (Wildman–Crippen MR) is 127 cm³/mol. The molecule has 1 fully saturated rings.